The van der Waals surface area contributed by atoms with E-state index in [4.69, 9.17) is 22.1 Å². The molecule has 1 atom stereocenters. The Kier molecular flexibility index (Phi) is 5.23. The van der Waals surface area contributed by atoms with Gasteiger partial charge in [-0.05, 0) is 41.8 Å². The predicted octanol–water partition coefficient (Wildman–Crippen LogP) is 3.64. The molecule has 1 aliphatic heterocycles. The number of fused-ring (bicyclic) bond motifs is 3. The Labute approximate surface area is 188 Å². The van der Waals surface area contributed by atoms with Gasteiger partial charge in [-0.1, -0.05) is 29.8 Å². The zero-order valence-electron chi connectivity index (χ0n) is 17.2. The summed E-state index contributed by atoms with van der Waals surface area (Å²) in [7, 11) is 0. The minimum Gasteiger partial charge on any atom is -0.378 e. The maximum atomic E-state index is 14.1. The number of H-pyrrole nitrogens is 1. The Morgan fingerprint density at radius 1 is 1.16 bits per heavy atom. The van der Waals surface area contributed by atoms with Gasteiger partial charge in [0.2, 0.25) is 0 Å². The first kappa shape index (κ1) is 20.7. The summed E-state index contributed by atoms with van der Waals surface area (Å²) in [4.78, 5) is 30.2. The molecule has 2 amide bonds. The lowest BCUT2D eigenvalue weighted by atomic mass is 9.83. The topological polar surface area (TPSA) is 88.4 Å². The number of carbonyl (C=O) groups excluding carboxylic acids is 2. The van der Waals surface area contributed by atoms with Crippen molar-refractivity contribution in [2.24, 2.45) is 5.73 Å². The molecule has 0 saturated carbocycles. The van der Waals surface area contributed by atoms with Crippen molar-refractivity contribution in [1.29, 1.82) is 0 Å². The van der Waals surface area contributed by atoms with Crippen molar-refractivity contribution in [3.63, 3.8) is 0 Å². The van der Waals surface area contributed by atoms with Gasteiger partial charge >= 0.3 is 0 Å². The summed E-state index contributed by atoms with van der Waals surface area (Å²) in [6.45, 7) is 2.19. The number of nitrogens with one attached hydrogen (secondary N) is 1. The first-order valence-electron chi connectivity index (χ1n) is 10.4. The van der Waals surface area contributed by atoms with Crippen molar-refractivity contribution < 1.29 is 18.7 Å². The summed E-state index contributed by atoms with van der Waals surface area (Å²) >= 11 is 5.83. The summed E-state index contributed by atoms with van der Waals surface area (Å²) in [6.07, 6.45) is 2.33. The number of allylic oxidation sites excluding steroid dienone is 1. The number of amides is 2. The predicted molar refractivity (Wildman–Crippen MR) is 120 cm³/mol. The molecule has 2 aromatic carbocycles. The van der Waals surface area contributed by atoms with E-state index in [0.717, 1.165) is 16.5 Å². The van der Waals surface area contributed by atoms with E-state index in [1.54, 1.807) is 29.2 Å². The van der Waals surface area contributed by atoms with Crippen molar-refractivity contribution >= 4 is 39.9 Å². The van der Waals surface area contributed by atoms with Crippen LogP contribution in [0.25, 0.3) is 16.5 Å². The third-order valence-corrected chi connectivity index (χ3v) is 6.46. The molecule has 0 bridgehead atoms. The van der Waals surface area contributed by atoms with Gasteiger partial charge in [0.25, 0.3) is 11.8 Å². The standard InChI is InChI=1S/C24H21ClFN3O3/c25-19-4-2-13(11-20(19)26)15-9-17-16-3-1-14(24(31)29-5-7-32-8-6-29)12-21(16)28-22(17)18(10-15)23(27)30/h1-4,10-12,15,28H,5-9H2,(H2,27,30). The second kappa shape index (κ2) is 8.07. The zero-order chi connectivity index (χ0) is 22.4. The summed E-state index contributed by atoms with van der Waals surface area (Å²) in [5.74, 6) is -1.36. The number of rotatable bonds is 3. The summed E-state index contributed by atoms with van der Waals surface area (Å²) in [5, 5.41) is 0.957. The van der Waals surface area contributed by atoms with E-state index in [-0.39, 0.29) is 16.8 Å². The maximum Gasteiger partial charge on any atom is 0.254 e. The van der Waals surface area contributed by atoms with Crippen LogP contribution in [0.15, 0.2) is 42.5 Å². The van der Waals surface area contributed by atoms with Crippen LogP contribution in [0, 0.1) is 5.82 Å². The number of halogens is 2. The number of nitrogens with two attached hydrogens (primary N) is 1. The average molecular weight is 454 g/mol. The van der Waals surface area contributed by atoms with E-state index < -0.39 is 11.7 Å². The van der Waals surface area contributed by atoms with Crippen LogP contribution in [0.5, 0.6) is 0 Å². The fourth-order valence-electron chi connectivity index (χ4n) is 4.51. The van der Waals surface area contributed by atoms with E-state index in [1.165, 1.54) is 12.1 Å². The van der Waals surface area contributed by atoms with Crippen molar-refractivity contribution in [3.05, 3.63) is 75.7 Å². The Balaban J connectivity index is 1.54. The van der Waals surface area contributed by atoms with Crippen molar-refractivity contribution in [3.8, 4) is 0 Å². The number of carbonyl (C=O) groups is 2. The van der Waals surface area contributed by atoms with Crippen LogP contribution >= 0.6 is 11.6 Å². The number of hydrogen-bond acceptors (Lipinski definition) is 3. The number of primary amides is 1. The quantitative estimate of drug-likeness (QED) is 0.634. The maximum absolute atomic E-state index is 14.1. The molecule has 1 aliphatic carbocycles. The van der Waals surface area contributed by atoms with Crippen LogP contribution in [-0.2, 0) is 16.0 Å². The zero-order valence-corrected chi connectivity index (χ0v) is 17.9. The first-order chi connectivity index (χ1) is 15.4. The molecule has 3 aromatic rings. The van der Waals surface area contributed by atoms with Gasteiger partial charge in [-0.25, -0.2) is 4.39 Å². The summed E-state index contributed by atoms with van der Waals surface area (Å²) < 4.78 is 19.4. The second-order valence-corrected chi connectivity index (χ2v) is 8.48. The molecule has 2 heterocycles. The molecule has 2 aliphatic rings. The monoisotopic (exact) mass is 453 g/mol. The molecule has 1 aromatic heterocycles. The number of aromatic nitrogens is 1. The number of morpholine rings is 1. The average Bonchev–Trinajstić information content (AvgIpc) is 3.18. The Hall–Kier alpha value is -3.16. The molecule has 1 unspecified atom stereocenters. The second-order valence-electron chi connectivity index (χ2n) is 8.07. The summed E-state index contributed by atoms with van der Waals surface area (Å²) in [5.41, 5.74) is 9.63. The van der Waals surface area contributed by atoms with Crippen LogP contribution in [0.3, 0.4) is 0 Å². The first-order valence-corrected chi connectivity index (χ1v) is 10.8. The summed E-state index contributed by atoms with van der Waals surface area (Å²) in [6, 6.07) is 10.2. The van der Waals surface area contributed by atoms with Crippen molar-refractivity contribution in [2.45, 2.75) is 12.3 Å². The van der Waals surface area contributed by atoms with Gasteiger partial charge in [0.1, 0.15) is 5.82 Å². The van der Waals surface area contributed by atoms with Gasteiger partial charge < -0.3 is 20.4 Å². The fourth-order valence-corrected chi connectivity index (χ4v) is 4.62. The highest BCUT2D eigenvalue weighted by molar-refractivity contribution is 6.30. The molecule has 0 spiro atoms. The molecule has 6 nitrogen and oxygen atoms in total. The molecule has 164 valence electrons. The van der Waals surface area contributed by atoms with Crippen LogP contribution < -0.4 is 5.73 Å². The Bertz CT molecular complexity index is 1280. The van der Waals surface area contributed by atoms with E-state index >= 15 is 0 Å². The highest BCUT2D eigenvalue weighted by Gasteiger charge is 2.28. The molecule has 8 heteroatoms. The van der Waals surface area contributed by atoms with Crippen molar-refractivity contribution in [2.75, 3.05) is 26.3 Å². The highest BCUT2D eigenvalue weighted by atomic mass is 35.5. The third-order valence-electron chi connectivity index (χ3n) is 6.15. The number of hydrogen-bond donors (Lipinski definition) is 2. The molecule has 5 rings (SSSR count). The fraction of sp³-hybridized carbons (Fsp3) is 0.250. The van der Waals surface area contributed by atoms with Gasteiger partial charge in [-0.15, -0.1) is 0 Å². The Morgan fingerprint density at radius 2 is 1.94 bits per heavy atom. The molecule has 3 N–H and O–H groups in total. The van der Waals surface area contributed by atoms with Crippen LogP contribution in [0.4, 0.5) is 4.39 Å². The van der Waals surface area contributed by atoms with E-state index in [1.807, 2.05) is 6.07 Å². The number of nitrogens with zero attached hydrogens (tertiary/aromatic N) is 1. The van der Waals surface area contributed by atoms with E-state index in [0.29, 0.717) is 55.1 Å². The van der Waals surface area contributed by atoms with Gasteiger partial charge in [0, 0.05) is 35.5 Å². The smallest absolute Gasteiger partial charge is 0.254 e. The molecular formula is C24H21ClFN3O3. The minimum absolute atomic E-state index is 0.0499. The Morgan fingerprint density at radius 3 is 2.66 bits per heavy atom. The van der Waals surface area contributed by atoms with Crippen LogP contribution in [-0.4, -0.2) is 48.0 Å². The lowest BCUT2D eigenvalue weighted by Crippen LogP contribution is -2.40. The SMILES string of the molecule is NC(=O)C1=CC(c2ccc(Cl)c(F)c2)Cc2c1[nH]c1cc(C(=O)N3CCOCC3)ccc21. The molecular weight excluding hydrogens is 433 g/mol. The largest absolute Gasteiger partial charge is 0.378 e. The lowest BCUT2D eigenvalue weighted by molar-refractivity contribution is -0.112. The minimum atomic E-state index is -0.568. The molecule has 1 fully saturated rings. The number of ether oxygens (including phenoxy) is 1. The van der Waals surface area contributed by atoms with Gasteiger partial charge in [-0.2, -0.15) is 0 Å². The number of aromatic amines is 1. The van der Waals surface area contributed by atoms with Crippen LogP contribution in [0.2, 0.25) is 5.02 Å². The van der Waals surface area contributed by atoms with Crippen LogP contribution in [0.1, 0.15) is 33.1 Å². The van der Waals surface area contributed by atoms with Gasteiger partial charge in [0.15, 0.2) is 0 Å². The van der Waals surface area contributed by atoms with Crippen molar-refractivity contribution in [1.82, 2.24) is 9.88 Å². The van der Waals surface area contributed by atoms with E-state index in [2.05, 4.69) is 4.98 Å². The lowest BCUT2D eigenvalue weighted by Gasteiger charge is -2.26. The third kappa shape index (κ3) is 3.57. The van der Waals surface area contributed by atoms with Gasteiger partial charge in [-0.3, -0.25) is 9.59 Å². The molecule has 32 heavy (non-hydrogen) atoms. The van der Waals surface area contributed by atoms with E-state index in [9.17, 15) is 14.0 Å². The molecule has 1 saturated heterocycles. The highest BCUT2D eigenvalue weighted by Crippen LogP contribution is 2.39. The van der Waals surface area contributed by atoms with Gasteiger partial charge in [0.05, 0.1) is 29.5 Å². The normalized spacial score (nSPS) is 18.4. The number of benzene rings is 2. The molecule has 0 radical (unpaired) electrons.